The third-order valence-corrected chi connectivity index (χ3v) is 8.77. The smallest absolute Gasteiger partial charge is 0.207 e. The third-order valence-electron chi connectivity index (χ3n) is 3.91. The minimum atomic E-state index is 0.480. The zero-order valence-corrected chi connectivity index (χ0v) is 20.7. The van der Waals surface area contributed by atoms with Gasteiger partial charge >= 0.3 is 0 Å². The lowest BCUT2D eigenvalue weighted by Gasteiger charge is -2.02. The molecule has 0 radical (unpaired) electrons. The van der Waals surface area contributed by atoms with Crippen molar-refractivity contribution in [1.29, 1.82) is 0 Å². The molecule has 0 saturated heterocycles. The zero-order chi connectivity index (χ0) is 21.5. The van der Waals surface area contributed by atoms with Crippen LogP contribution in [-0.4, -0.2) is 27.1 Å². The standard InChI is InChI=1S/C19H16Cl2N6S4/c20-14-7-3-1-5-12(14)9-28-18-26-24-16(30-18)22-11-23-17-25-27-19(31-17)29-10-13-6-2-4-8-15(13)21/h1-8H,9-11H2,(H,22,24)(H,23,25). The monoisotopic (exact) mass is 526 g/mol. The molecule has 4 aromatic rings. The van der Waals surface area contributed by atoms with Crippen LogP contribution in [0.3, 0.4) is 0 Å². The average Bonchev–Trinajstić information content (AvgIpc) is 3.42. The minimum absolute atomic E-state index is 0.480. The summed E-state index contributed by atoms with van der Waals surface area (Å²) in [6.07, 6.45) is 0. The number of anilines is 2. The third kappa shape index (κ3) is 6.71. The highest BCUT2D eigenvalue weighted by molar-refractivity contribution is 8.00. The van der Waals surface area contributed by atoms with E-state index in [-0.39, 0.29) is 0 Å². The van der Waals surface area contributed by atoms with Gasteiger partial charge in [-0.25, -0.2) is 0 Å². The highest BCUT2D eigenvalue weighted by Gasteiger charge is 2.09. The molecule has 0 spiro atoms. The van der Waals surface area contributed by atoms with Crippen LogP contribution in [0.4, 0.5) is 10.3 Å². The van der Waals surface area contributed by atoms with Crippen molar-refractivity contribution in [2.45, 2.75) is 20.2 Å². The number of rotatable bonds is 10. The summed E-state index contributed by atoms with van der Waals surface area (Å²) in [5.41, 5.74) is 2.17. The molecule has 0 amide bonds. The summed E-state index contributed by atoms with van der Waals surface area (Å²) in [6, 6.07) is 15.6. The van der Waals surface area contributed by atoms with E-state index in [1.54, 1.807) is 23.5 Å². The minimum Gasteiger partial charge on any atom is -0.343 e. The number of thioether (sulfide) groups is 2. The molecule has 0 atom stereocenters. The second-order valence-corrected chi connectivity index (χ2v) is 11.3. The Bertz CT molecular complexity index is 1050. The summed E-state index contributed by atoms with van der Waals surface area (Å²) in [6.45, 7) is 0.480. The van der Waals surface area contributed by atoms with Gasteiger partial charge in [-0.15, -0.1) is 20.4 Å². The predicted octanol–water partition coefficient (Wildman–Crippen LogP) is 6.76. The Morgan fingerprint density at radius 2 is 1.13 bits per heavy atom. The molecule has 0 unspecified atom stereocenters. The topological polar surface area (TPSA) is 75.6 Å². The zero-order valence-electron chi connectivity index (χ0n) is 15.9. The first-order chi connectivity index (χ1) is 15.2. The molecule has 0 aliphatic rings. The van der Waals surface area contributed by atoms with E-state index >= 15 is 0 Å². The lowest BCUT2D eigenvalue weighted by atomic mass is 10.2. The molecular formula is C19H16Cl2N6S4. The van der Waals surface area contributed by atoms with Crippen LogP contribution in [0, 0.1) is 0 Å². The van der Waals surface area contributed by atoms with Crippen LogP contribution in [0.15, 0.2) is 57.2 Å². The summed E-state index contributed by atoms with van der Waals surface area (Å²) in [5, 5.41) is 26.2. The summed E-state index contributed by atoms with van der Waals surface area (Å²) < 4.78 is 1.77. The molecule has 0 aliphatic heterocycles. The van der Waals surface area contributed by atoms with Gasteiger partial charge in [0.15, 0.2) is 8.68 Å². The maximum Gasteiger partial charge on any atom is 0.207 e. The van der Waals surface area contributed by atoms with Crippen LogP contribution in [0.5, 0.6) is 0 Å². The van der Waals surface area contributed by atoms with Crippen LogP contribution in [0.25, 0.3) is 0 Å². The second kappa shape index (κ2) is 11.3. The molecule has 0 aliphatic carbocycles. The van der Waals surface area contributed by atoms with Gasteiger partial charge in [0.2, 0.25) is 10.3 Å². The Morgan fingerprint density at radius 1 is 0.677 bits per heavy atom. The van der Waals surface area contributed by atoms with Crippen LogP contribution in [0.2, 0.25) is 10.0 Å². The van der Waals surface area contributed by atoms with E-state index in [1.165, 1.54) is 22.7 Å². The first-order valence-corrected chi connectivity index (χ1v) is 13.4. The van der Waals surface area contributed by atoms with Gasteiger partial charge in [0.1, 0.15) is 0 Å². The molecule has 12 heteroatoms. The lowest BCUT2D eigenvalue weighted by Crippen LogP contribution is -2.11. The van der Waals surface area contributed by atoms with E-state index in [0.29, 0.717) is 6.67 Å². The Morgan fingerprint density at radius 3 is 1.58 bits per heavy atom. The largest absolute Gasteiger partial charge is 0.343 e. The maximum atomic E-state index is 6.20. The van der Waals surface area contributed by atoms with Crippen molar-refractivity contribution in [3.8, 4) is 0 Å². The summed E-state index contributed by atoms with van der Waals surface area (Å²) in [5.74, 6) is 1.51. The van der Waals surface area contributed by atoms with Crippen molar-refractivity contribution < 1.29 is 0 Å². The summed E-state index contributed by atoms with van der Waals surface area (Å²) >= 11 is 18.6. The number of benzene rings is 2. The Hall–Kier alpha value is -1.56. The number of nitrogens with one attached hydrogen (secondary N) is 2. The highest BCUT2D eigenvalue weighted by Crippen LogP contribution is 2.31. The fourth-order valence-corrected chi connectivity index (χ4v) is 6.45. The number of nitrogens with zero attached hydrogens (tertiary/aromatic N) is 4. The Kier molecular flexibility index (Phi) is 8.28. The molecule has 2 aromatic heterocycles. The van der Waals surface area contributed by atoms with Gasteiger partial charge in [-0.1, -0.05) is 106 Å². The Labute approximate surface area is 206 Å². The van der Waals surface area contributed by atoms with E-state index < -0.39 is 0 Å². The van der Waals surface area contributed by atoms with Crippen LogP contribution in [-0.2, 0) is 11.5 Å². The molecule has 4 rings (SSSR count). The first-order valence-electron chi connectivity index (χ1n) is 9.04. The molecule has 6 nitrogen and oxygen atoms in total. The van der Waals surface area contributed by atoms with Crippen molar-refractivity contribution >= 4 is 79.7 Å². The van der Waals surface area contributed by atoms with Gasteiger partial charge in [0, 0.05) is 21.6 Å². The summed E-state index contributed by atoms with van der Waals surface area (Å²) in [7, 11) is 0. The predicted molar refractivity (Wildman–Crippen MR) is 134 cm³/mol. The fourth-order valence-electron chi connectivity index (χ4n) is 2.38. The normalized spacial score (nSPS) is 10.9. The van der Waals surface area contributed by atoms with Crippen LogP contribution >= 0.6 is 69.4 Å². The van der Waals surface area contributed by atoms with Crippen molar-refractivity contribution in [2.75, 3.05) is 17.3 Å². The second-order valence-electron chi connectivity index (χ2n) is 6.04. The molecule has 160 valence electrons. The Balaban J connectivity index is 1.20. The highest BCUT2D eigenvalue weighted by atomic mass is 35.5. The summed E-state index contributed by atoms with van der Waals surface area (Å²) in [4.78, 5) is 0. The fraction of sp³-hybridized carbons (Fsp3) is 0.158. The van der Waals surface area contributed by atoms with Gasteiger partial charge in [0.25, 0.3) is 0 Å². The lowest BCUT2D eigenvalue weighted by molar-refractivity contribution is 0.990. The molecular weight excluding hydrogens is 511 g/mol. The van der Waals surface area contributed by atoms with Gasteiger partial charge in [-0.05, 0) is 23.3 Å². The van der Waals surface area contributed by atoms with E-state index in [1.807, 2.05) is 48.5 Å². The van der Waals surface area contributed by atoms with Gasteiger partial charge in [-0.2, -0.15) is 0 Å². The van der Waals surface area contributed by atoms with Gasteiger partial charge in [0.05, 0.1) is 6.67 Å². The number of hydrogen-bond acceptors (Lipinski definition) is 10. The first kappa shape index (κ1) is 22.6. The van der Waals surface area contributed by atoms with Crippen molar-refractivity contribution in [3.63, 3.8) is 0 Å². The van der Waals surface area contributed by atoms with Crippen LogP contribution < -0.4 is 10.6 Å². The molecule has 2 N–H and O–H groups in total. The molecule has 0 bridgehead atoms. The number of aromatic nitrogens is 4. The van der Waals surface area contributed by atoms with Gasteiger partial charge in [-0.3, -0.25) is 0 Å². The van der Waals surface area contributed by atoms with E-state index in [9.17, 15) is 0 Å². The van der Waals surface area contributed by atoms with Crippen LogP contribution in [0.1, 0.15) is 11.1 Å². The van der Waals surface area contributed by atoms with E-state index in [4.69, 9.17) is 23.2 Å². The molecule has 31 heavy (non-hydrogen) atoms. The molecule has 2 heterocycles. The average molecular weight is 528 g/mol. The SMILES string of the molecule is Clc1ccccc1CSc1nnc(NCNc2nnc(SCc3ccccc3Cl)s2)s1. The van der Waals surface area contributed by atoms with Gasteiger partial charge < -0.3 is 10.6 Å². The van der Waals surface area contributed by atoms with Crippen molar-refractivity contribution in [1.82, 2.24) is 20.4 Å². The van der Waals surface area contributed by atoms with E-state index in [2.05, 4.69) is 31.0 Å². The van der Waals surface area contributed by atoms with Crippen molar-refractivity contribution in [2.24, 2.45) is 0 Å². The molecule has 0 saturated carbocycles. The van der Waals surface area contributed by atoms with Crippen molar-refractivity contribution in [3.05, 3.63) is 69.7 Å². The molecule has 0 fully saturated rings. The van der Waals surface area contributed by atoms with E-state index in [0.717, 1.165) is 51.6 Å². The number of halogens is 2. The number of hydrogen-bond donors (Lipinski definition) is 2. The quantitative estimate of drug-likeness (QED) is 0.173. The molecule has 2 aromatic carbocycles. The maximum absolute atomic E-state index is 6.20.